The normalized spacial score (nSPS) is 14.2. The van der Waals surface area contributed by atoms with Crippen molar-refractivity contribution >= 4 is 26.5 Å². The second kappa shape index (κ2) is 5.07. The van der Waals surface area contributed by atoms with Crippen LogP contribution in [0.15, 0.2) is 4.34 Å². The SMILES string of the molecule is CC(C)C(C)CNS(=O)(=O)c1nnc(N)s1. The highest BCUT2D eigenvalue weighted by molar-refractivity contribution is 7.91. The number of nitrogens with one attached hydrogen (secondary N) is 1. The Morgan fingerprint density at radius 2 is 2.00 bits per heavy atom. The second-order valence-corrected chi connectivity index (χ2v) is 6.93. The lowest BCUT2D eigenvalue weighted by atomic mass is 9.99. The van der Waals surface area contributed by atoms with Crippen molar-refractivity contribution in [3.8, 4) is 0 Å². The molecule has 8 heteroatoms. The predicted octanol–water partition coefficient (Wildman–Crippen LogP) is 0.691. The molecule has 92 valence electrons. The van der Waals surface area contributed by atoms with E-state index in [1.54, 1.807) is 0 Å². The van der Waals surface area contributed by atoms with Gasteiger partial charge < -0.3 is 5.73 Å². The minimum atomic E-state index is -3.55. The van der Waals surface area contributed by atoms with Crippen molar-refractivity contribution in [2.24, 2.45) is 11.8 Å². The van der Waals surface area contributed by atoms with Crippen LogP contribution in [-0.2, 0) is 10.0 Å². The number of nitrogens with two attached hydrogens (primary N) is 1. The summed E-state index contributed by atoms with van der Waals surface area (Å²) >= 11 is 0.860. The molecule has 1 unspecified atom stereocenters. The highest BCUT2D eigenvalue weighted by atomic mass is 32.2. The van der Waals surface area contributed by atoms with Gasteiger partial charge >= 0.3 is 0 Å². The molecule has 0 amide bonds. The van der Waals surface area contributed by atoms with Crippen LogP contribution in [0.5, 0.6) is 0 Å². The van der Waals surface area contributed by atoms with Gasteiger partial charge in [-0.25, -0.2) is 13.1 Å². The molecule has 0 aliphatic heterocycles. The van der Waals surface area contributed by atoms with Gasteiger partial charge in [0.2, 0.25) is 9.47 Å². The van der Waals surface area contributed by atoms with Crippen molar-refractivity contribution in [2.75, 3.05) is 12.3 Å². The van der Waals surface area contributed by atoms with Crippen molar-refractivity contribution < 1.29 is 8.42 Å². The number of nitrogens with zero attached hydrogens (tertiary/aromatic N) is 2. The van der Waals surface area contributed by atoms with Gasteiger partial charge in [-0.15, -0.1) is 10.2 Å². The van der Waals surface area contributed by atoms with E-state index in [1.807, 2.05) is 20.8 Å². The van der Waals surface area contributed by atoms with E-state index in [0.717, 1.165) is 11.3 Å². The molecule has 0 saturated carbocycles. The maximum absolute atomic E-state index is 11.7. The topological polar surface area (TPSA) is 98.0 Å². The number of anilines is 1. The Bertz CT molecular complexity index is 441. The number of aromatic nitrogens is 2. The lowest BCUT2D eigenvalue weighted by Crippen LogP contribution is -2.30. The first-order valence-corrected chi connectivity index (χ1v) is 7.21. The van der Waals surface area contributed by atoms with Crippen LogP contribution in [0.25, 0.3) is 0 Å². The highest BCUT2D eigenvalue weighted by Gasteiger charge is 2.20. The standard InChI is InChI=1S/C8H16N4O2S2/c1-5(2)6(3)4-10-16(13,14)8-12-11-7(9)15-8/h5-6,10H,4H2,1-3H3,(H2,9,11). The van der Waals surface area contributed by atoms with E-state index in [2.05, 4.69) is 14.9 Å². The first-order valence-electron chi connectivity index (χ1n) is 4.91. The van der Waals surface area contributed by atoms with E-state index in [-0.39, 0.29) is 15.4 Å². The third-order valence-electron chi connectivity index (χ3n) is 2.39. The second-order valence-electron chi connectivity index (χ2n) is 3.98. The molecule has 6 nitrogen and oxygen atoms in total. The maximum atomic E-state index is 11.7. The molecule has 0 aliphatic rings. The smallest absolute Gasteiger partial charge is 0.269 e. The molecule has 1 heterocycles. The molecule has 1 aromatic heterocycles. The number of hydrogen-bond acceptors (Lipinski definition) is 6. The lowest BCUT2D eigenvalue weighted by Gasteiger charge is -2.15. The number of nitrogen functional groups attached to an aromatic ring is 1. The molecule has 0 radical (unpaired) electrons. The first kappa shape index (κ1) is 13.3. The molecule has 1 atom stereocenters. The van der Waals surface area contributed by atoms with E-state index >= 15 is 0 Å². The molecule has 0 saturated heterocycles. The van der Waals surface area contributed by atoms with Crippen molar-refractivity contribution in [3.63, 3.8) is 0 Å². The van der Waals surface area contributed by atoms with Crippen molar-refractivity contribution in [1.29, 1.82) is 0 Å². The van der Waals surface area contributed by atoms with Crippen LogP contribution in [-0.4, -0.2) is 25.2 Å². The fourth-order valence-electron chi connectivity index (χ4n) is 0.868. The van der Waals surface area contributed by atoms with Gasteiger partial charge in [-0.1, -0.05) is 32.1 Å². The zero-order valence-corrected chi connectivity index (χ0v) is 11.1. The van der Waals surface area contributed by atoms with Gasteiger partial charge in [-0.2, -0.15) is 0 Å². The Labute approximate surface area is 99.3 Å². The number of hydrogen-bond donors (Lipinski definition) is 2. The average Bonchev–Trinajstić information content (AvgIpc) is 2.61. The van der Waals surface area contributed by atoms with Crippen LogP contribution < -0.4 is 10.5 Å². The van der Waals surface area contributed by atoms with Gasteiger partial charge in [0.15, 0.2) is 0 Å². The number of rotatable bonds is 5. The lowest BCUT2D eigenvalue weighted by molar-refractivity contribution is 0.414. The molecule has 0 aromatic carbocycles. The van der Waals surface area contributed by atoms with Crippen molar-refractivity contribution in [3.05, 3.63) is 0 Å². The molecule has 16 heavy (non-hydrogen) atoms. The zero-order chi connectivity index (χ0) is 12.3. The van der Waals surface area contributed by atoms with Gasteiger partial charge in [0.25, 0.3) is 10.0 Å². The molecule has 1 aromatic rings. The summed E-state index contributed by atoms with van der Waals surface area (Å²) in [5.74, 6) is 0.683. The Morgan fingerprint density at radius 3 is 2.44 bits per heavy atom. The van der Waals surface area contributed by atoms with Gasteiger partial charge in [-0.05, 0) is 11.8 Å². The summed E-state index contributed by atoms with van der Waals surface area (Å²) in [4.78, 5) is 0. The van der Waals surface area contributed by atoms with E-state index in [1.165, 1.54) is 0 Å². The van der Waals surface area contributed by atoms with E-state index in [9.17, 15) is 8.42 Å². The fourth-order valence-corrected chi connectivity index (χ4v) is 2.84. The van der Waals surface area contributed by atoms with Crippen molar-refractivity contribution in [2.45, 2.75) is 25.1 Å². The third kappa shape index (κ3) is 3.39. The van der Waals surface area contributed by atoms with E-state index < -0.39 is 10.0 Å². The van der Waals surface area contributed by atoms with Gasteiger partial charge in [0.05, 0.1) is 0 Å². The van der Waals surface area contributed by atoms with Crippen LogP contribution >= 0.6 is 11.3 Å². The molecule has 1 rings (SSSR count). The van der Waals surface area contributed by atoms with Crippen molar-refractivity contribution in [1.82, 2.24) is 14.9 Å². The fraction of sp³-hybridized carbons (Fsp3) is 0.750. The summed E-state index contributed by atoms with van der Waals surface area (Å²) in [6, 6.07) is 0. The monoisotopic (exact) mass is 264 g/mol. The quantitative estimate of drug-likeness (QED) is 0.815. The molecule has 0 fully saturated rings. The number of sulfonamides is 1. The minimum Gasteiger partial charge on any atom is -0.374 e. The van der Waals surface area contributed by atoms with Crippen LogP contribution in [0.3, 0.4) is 0 Å². The minimum absolute atomic E-state index is 0.0824. The summed E-state index contributed by atoms with van der Waals surface area (Å²) in [7, 11) is -3.55. The molecule has 0 spiro atoms. The van der Waals surface area contributed by atoms with E-state index in [0.29, 0.717) is 12.5 Å². The Kier molecular flexibility index (Phi) is 4.22. The van der Waals surface area contributed by atoms with E-state index in [4.69, 9.17) is 5.73 Å². The largest absolute Gasteiger partial charge is 0.374 e. The van der Waals surface area contributed by atoms with Gasteiger partial charge in [0, 0.05) is 6.54 Å². The molecule has 0 aliphatic carbocycles. The summed E-state index contributed by atoms with van der Waals surface area (Å²) in [5.41, 5.74) is 5.33. The summed E-state index contributed by atoms with van der Waals surface area (Å²) in [6.45, 7) is 6.46. The summed E-state index contributed by atoms with van der Waals surface area (Å²) in [6.07, 6.45) is 0. The Balaban J connectivity index is 2.67. The Hall–Kier alpha value is -0.730. The van der Waals surface area contributed by atoms with Gasteiger partial charge in [0.1, 0.15) is 0 Å². The molecule has 0 bridgehead atoms. The molecular formula is C8H16N4O2S2. The average molecular weight is 264 g/mol. The Morgan fingerprint density at radius 1 is 1.38 bits per heavy atom. The van der Waals surface area contributed by atoms with Crippen LogP contribution in [0.1, 0.15) is 20.8 Å². The maximum Gasteiger partial charge on any atom is 0.269 e. The van der Waals surface area contributed by atoms with Gasteiger partial charge in [-0.3, -0.25) is 0 Å². The van der Waals surface area contributed by atoms with Crippen LogP contribution in [0.4, 0.5) is 5.13 Å². The first-order chi connectivity index (χ1) is 7.33. The summed E-state index contributed by atoms with van der Waals surface area (Å²) in [5, 5.41) is 7.13. The predicted molar refractivity (Wildman–Crippen MR) is 63.5 cm³/mol. The molecular weight excluding hydrogens is 248 g/mol. The zero-order valence-electron chi connectivity index (χ0n) is 9.47. The third-order valence-corrected chi connectivity index (χ3v) is 4.93. The summed E-state index contributed by atoms with van der Waals surface area (Å²) < 4.78 is 25.8. The molecule has 3 N–H and O–H groups in total. The van der Waals surface area contributed by atoms with Crippen LogP contribution in [0.2, 0.25) is 0 Å². The highest BCUT2D eigenvalue weighted by Crippen LogP contribution is 2.17. The van der Waals surface area contributed by atoms with Crippen LogP contribution in [0, 0.1) is 11.8 Å².